The normalized spacial score (nSPS) is 11.3. The van der Waals surface area contributed by atoms with E-state index in [1.165, 1.54) is 24.4 Å². The maximum atomic E-state index is 12.7. The Morgan fingerprint density at radius 1 is 1.04 bits per heavy atom. The summed E-state index contributed by atoms with van der Waals surface area (Å²) in [6.45, 7) is 1.79. The summed E-state index contributed by atoms with van der Waals surface area (Å²) in [6, 6.07) is 13.2. The molecule has 0 radical (unpaired) electrons. The van der Waals surface area contributed by atoms with Gasteiger partial charge in [-0.25, -0.2) is 4.98 Å². The quantitative estimate of drug-likeness (QED) is 0.559. The Kier molecular flexibility index (Phi) is 5.19. The smallest absolute Gasteiger partial charge is 0.322 e. The Labute approximate surface area is 158 Å². The second-order valence-electron chi connectivity index (χ2n) is 5.88. The molecule has 0 fully saturated rings. The van der Waals surface area contributed by atoms with Gasteiger partial charge in [-0.1, -0.05) is 35.9 Å². The minimum atomic E-state index is -4.38. The van der Waals surface area contributed by atoms with Gasteiger partial charge in [-0.2, -0.15) is 13.2 Å². The molecule has 0 aliphatic rings. The lowest BCUT2D eigenvalue weighted by atomic mass is 9.98. The van der Waals surface area contributed by atoms with Gasteiger partial charge in [0.05, 0.1) is 11.1 Å². The Bertz CT molecular complexity index is 968. The third kappa shape index (κ3) is 4.28. The van der Waals surface area contributed by atoms with Crippen molar-refractivity contribution in [3.8, 4) is 11.1 Å². The summed E-state index contributed by atoms with van der Waals surface area (Å²) < 4.78 is 38.2. The molecule has 1 heterocycles. The fraction of sp³-hybridized carbons (Fsp3) is 0.100. The molecule has 0 atom stereocenters. The van der Waals surface area contributed by atoms with Gasteiger partial charge in [0.2, 0.25) is 0 Å². The van der Waals surface area contributed by atoms with Crippen LogP contribution in [0.4, 0.5) is 18.9 Å². The number of aromatic nitrogens is 1. The lowest BCUT2D eigenvalue weighted by Crippen LogP contribution is -2.13. The van der Waals surface area contributed by atoms with Crippen molar-refractivity contribution in [1.29, 1.82) is 0 Å². The summed E-state index contributed by atoms with van der Waals surface area (Å²) in [7, 11) is 0. The largest absolute Gasteiger partial charge is 0.416 e. The highest BCUT2D eigenvalue weighted by molar-refractivity contribution is 6.29. The van der Waals surface area contributed by atoms with Crippen LogP contribution in [0, 0.1) is 6.92 Å². The molecule has 3 nitrogen and oxygen atoms in total. The van der Waals surface area contributed by atoms with E-state index >= 15 is 0 Å². The van der Waals surface area contributed by atoms with Gasteiger partial charge in [0.15, 0.2) is 0 Å². The molecule has 0 saturated carbocycles. The van der Waals surface area contributed by atoms with Crippen LogP contribution in [-0.2, 0) is 6.18 Å². The molecule has 138 valence electrons. The minimum Gasteiger partial charge on any atom is -0.322 e. The summed E-state index contributed by atoms with van der Waals surface area (Å²) >= 11 is 5.72. The topological polar surface area (TPSA) is 42.0 Å². The Balaban J connectivity index is 1.87. The van der Waals surface area contributed by atoms with Gasteiger partial charge in [-0.3, -0.25) is 4.79 Å². The van der Waals surface area contributed by atoms with Gasteiger partial charge in [0.25, 0.3) is 5.91 Å². The number of carbonyl (C=O) groups is 1. The first-order valence-corrected chi connectivity index (χ1v) is 8.33. The second-order valence-corrected chi connectivity index (χ2v) is 6.26. The van der Waals surface area contributed by atoms with Crippen LogP contribution in [0.15, 0.2) is 60.8 Å². The molecule has 7 heteroatoms. The number of benzene rings is 2. The van der Waals surface area contributed by atoms with Crippen molar-refractivity contribution in [2.45, 2.75) is 13.1 Å². The summed E-state index contributed by atoms with van der Waals surface area (Å²) in [4.78, 5) is 16.2. The van der Waals surface area contributed by atoms with Crippen LogP contribution in [-0.4, -0.2) is 10.9 Å². The van der Waals surface area contributed by atoms with Crippen LogP contribution in [0.3, 0.4) is 0 Å². The fourth-order valence-corrected chi connectivity index (χ4v) is 2.74. The fourth-order valence-electron chi connectivity index (χ4n) is 2.63. The van der Waals surface area contributed by atoms with E-state index in [9.17, 15) is 18.0 Å². The molecule has 2 aromatic carbocycles. The molecule has 27 heavy (non-hydrogen) atoms. The van der Waals surface area contributed by atoms with Gasteiger partial charge in [0.1, 0.15) is 5.15 Å². The predicted octanol–water partition coefficient (Wildman–Crippen LogP) is 5.98. The summed E-state index contributed by atoms with van der Waals surface area (Å²) in [5, 5.41) is 3.07. The van der Waals surface area contributed by atoms with Crippen molar-refractivity contribution in [3.63, 3.8) is 0 Å². The van der Waals surface area contributed by atoms with Crippen molar-refractivity contribution < 1.29 is 18.0 Å². The number of amides is 1. The maximum absolute atomic E-state index is 12.7. The minimum absolute atomic E-state index is 0.284. The van der Waals surface area contributed by atoms with E-state index in [-0.39, 0.29) is 11.1 Å². The van der Waals surface area contributed by atoms with Crippen LogP contribution in [0.5, 0.6) is 0 Å². The molecule has 1 aromatic heterocycles. The average Bonchev–Trinajstić information content (AvgIpc) is 2.63. The van der Waals surface area contributed by atoms with Crippen LogP contribution in [0.1, 0.15) is 21.5 Å². The molecule has 3 aromatic rings. The zero-order chi connectivity index (χ0) is 19.6. The third-order valence-corrected chi connectivity index (χ3v) is 4.32. The van der Waals surface area contributed by atoms with Crippen molar-refractivity contribution in [2.75, 3.05) is 5.32 Å². The Hall–Kier alpha value is -2.86. The zero-order valence-corrected chi connectivity index (χ0v) is 14.9. The third-order valence-electron chi connectivity index (χ3n) is 4.09. The van der Waals surface area contributed by atoms with Crippen molar-refractivity contribution in [1.82, 2.24) is 4.98 Å². The molecule has 0 bridgehead atoms. The van der Waals surface area contributed by atoms with Crippen LogP contribution in [0.2, 0.25) is 5.15 Å². The monoisotopic (exact) mass is 390 g/mol. The van der Waals surface area contributed by atoms with E-state index in [0.29, 0.717) is 16.8 Å². The van der Waals surface area contributed by atoms with Crippen molar-refractivity contribution >= 4 is 23.2 Å². The molecule has 3 rings (SSSR count). The van der Waals surface area contributed by atoms with E-state index in [1.807, 2.05) is 0 Å². The zero-order valence-electron chi connectivity index (χ0n) is 14.1. The number of halogens is 4. The number of hydrogen-bond donors (Lipinski definition) is 1. The highest BCUT2D eigenvalue weighted by atomic mass is 35.5. The number of alkyl halides is 3. The number of hydrogen-bond acceptors (Lipinski definition) is 2. The van der Waals surface area contributed by atoms with E-state index in [4.69, 9.17) is 11.6 Å². The van der Waals surface area contributed by atoms with Crippen molar-refractivity contribution in [2.24, 2.45) is 0 Å². The molecule has 0 saturated heterocycles. The highest BCUT2D eigenvalue weighted by Crippen LogP contribution is 2.33. The highest BCUT2D eigenvalue weighted by Gasteiger charge is 2.30. The lowest BCUT2D eigenvalue weighted by Gasteiger charge is -2.14. The molecule has 0 aliphatic heterocycles. The first kappa shape index (κ1) is 18.9. The van der Waals surface area contributed by atoms with Gasteiger partial charge in [-0.15, -0.1) is 0 Å². The van der Waals surface area contributed by atoms with Gasteiger partial charge in [-0.05, 0) is 53.9 Å². The number of anilines is 1. The first-order valence-electron chi connectivity index (χ1n) is 7.96. The molecule has 1 amide bonds. The van der Waals surface area contributed by atoms with Crippen LogP contribution < -0.4 is 5.32 Å². The Morgan fingerprint density at radius 3 is 2.33 bits per heavy atom. The lowest BCUT2D eigenvalue weighted by molar-refractivity contribution is -0.137. The second kappa shape index (κ2) is 7.40. The Morgan fingerprint density at radius 2 is 1.74 bits per heavy atom. The summed E-state index contributed by atoms with van der Waals surface area (Å²) in [5.74, 6) is -0.355. The molecule has 0 aliphatic carbocycles. The SMILES string of the molecule is Cc1c(NC(=O)c2ccc(Cl)nc2)cccc1-c1ccc(C(F)(F)F)cc1. The molecule has 0 unspecified atom stereocenters. The summed E-state index contributed by atoms with van der Waals surface area (Å²) in [5.41, 5.74) is 2.31. The van der Waals surface area contributed by atoms with Gasteiger partial charge in [0, 0.05) is 11.9 Å². The molecular weight excluding hydrogens is 377 g/mol. The van der Waals surface area contributed by atoms with Crippen LogP contribution in [0.25, 0.3) is 11.1 Å². The number of rotatable bonds is 3. The van der Waals surface area contributed by atoms with Crippen LogP contribution >= 0.6 is 11.6 Å². The summed E-state index contributed by atoms with van der Waals surface area (Å²) in [6.07, 6.45) is -3.01. The van der Waals surface area contributed by atoms with E-state index in [1.54, 1.807) is 31.2 Å². The number of nitrogens with one attached hydrogen (secondary N) is 1. The molecule has 0 spiro atoms. The van der Waals surface area contributed by atoms with E-state index in [2.05, 4.69) is 10.3 Å². The van der Waals surface area contributed by atoms with Gasteiger partial charge >= 0.3 is 6.18 Å². The standard InChI is InChI=1S/C20H14ClF3N2O/c1-12-16(13-5-8-15(9-6-13)20(22,23)24)3-2-4-17(12)26-19(27)14-7-10-18(21)25-11-14/h2-11H,1H3,(H,26,27). The average molecular weight is 391 g/mol. The van der Waals surface area contributed by atoms with Crippen molar-refractivity contribution in [3.05, 3.63) is 82.6 Å². The first-order chi connectivity index (χ1) is 12.8. The predicted molar refractivity (Wildman–Crippen MR) is 98.8 cm³/mol. The van der Waals surface area contributed by atoms with Gasteiger partial charge < -0.3 is 5.32 Å². The van der Waals surface area contributed by atoms with E-state index < -0.39 is 11.7 Å². The number of nitrogens with zero attached hydrogens (tertiary/aromatic N) is 1. The van der Waals surface area contributed by atoms with E-state index in [0.717, 1.165) is 23.3 Å². The number of carbonyl (C=O) groups excluding carboxylic acids is 1. The molecule has 1 N–H and O–H groups in total. The molecular formula is C20H14ClF3N2O. The maximum Gasteiger partial charge on any atom is 0.416 e. The number of pyridine rings is 1.